The Bertz CT molecular complexity index is 382. The maximum absolute atomic E-state index is 10.6. The minimum atomic E-state index is -0.416. The Hall–Kier alpha value is -1.43. The van der Waals surface area contributed by atoms with Gasteiger partial charge in [0.2, 0.25) is 0 Å². The molecular formula is C9H13N3O3. The predicted octanol–water partition coefficient (Wildman–Crippen LogP) is 1.04. The number of hydrogen-bond acceptors (Lipinski definition) is 4. The van der Waals surface area contributed by atoms with E-state index in [-0.39, 0.29) is 18.3 Å². The summed E-state index contributed by atoms with van der Waals surface area (Å²) in [4.78, 5) is 10.2. The van der Waals surface area contributed by atoms with E-state index in [1.165, 1.54) is 6.20 Å². The molecule has 0 radical (unpaired) electrons. The van der Waals surface area contributed by atoms with Crippen molar-refractivity contribution < 1.29 is 10.0 Å². The van der Waals surface area contributed by atoms with Gasteiger partial charge in [-0.2, -0.15) is 5.10 Å². The minimum absolute atomic E-state index is 0.0717. The Labute approximate surface area is 86.7 Å². The van der Waals surface area contributed by atoms with Gasteiger partial charge in [-0.25, -0.2) is 0 Å². The van der Waals surface area contributed by atoms with E-state index < -0.39 is 4.92 Å². The first-order chi connectivity index (χ1) is 7.11. The van der Waals surface area contributed by atoms with Crippen molar-refractivity contribution in [3.8, 4) is 0 Å². The molecule has 6 nitrogen and oxygen atoms in total. The molecule has 0 saturated heterocycles. The fourth-order valence-electron chi connectivity index (χ4n) is 1.90. The molecular weight excluding hydrogens is 198 g/mol. The van der Waals surface area contributed by atoms with Crippen LogP contribution >= 0.6 is 0 Å². The summed E-state index contributed by atoms with van der Waals surface area (Å²) < 4.78 is 1.65. The lowest BCUT2D eigenvalue weighted by Crippen LogP contribution is -2.29. The van der Waals surface area contributed by atoms with Gasteiger partial charge in [0.1, 0.15) is 11.9 Å². The van der Waals surface area contributed by atoms with Crippen molar-refractivity contribution in [2.24, 2.45) is 5.92 Å². The Kier molecular flexibility index (Phi) is 2.44. The van der Waals surface area contributed by atoms with E-state index in [0.29, 0.717) is 11.6 Å². The number of aromatic nitrogens is 2. The maximum atomic E-state index is 10.6. The molecule has 0 amide bonds. The third-order valence-corrected chi connectivity index (χ3v) is 2.93. The number of nitro groups is 1. The van der Waals surface area contributed by atoms with Crippen molar-refractivity contribution in [1.29, 1.82) is 0 Å². The highest BCUT2D eigenvalue weighted by molar-refractivity contribution is 5.31. The average Bonchev–Trinajstić information content (AvgIpc) is 2.45. The van der Waals surface area contributed by atoms with Crippen molar-refractivity contribution in [3.63, 3.8) is 0 Å². The van der Waals surface area contributed by atoms with Crippen LogP contribution < -0.4 is 0 Å². The van der Waals surface area contributed by atoms with Crippen LogP contribution in [0.5, 0.6) is 0 Å². The number of hydrogen-bond donors (Lipinski definition) is 1. The van der Waals surface area contributed by atoms with E-state index in [9.17, 15) is 10.1 Å². The van der Waals surface area contributed by atoms with E-state index in [4.69, 9.17) is 5.11 Å². The fourth-order valence-corrected chi connectivity index (χ4v) is 1.90. The molecule has 1 fully saturated rings. The summed E-state index contributed by atoms with van der Waals surface area (Å²) in [5, 5.41) is 23.6. The minimum Gasteiger partial charge on any atom is -0.396 e. The Morgan fingerprint density at radius 2 is 2.40 bits per heavy atom. The van der Waals surface area contributed by atoms with Crippen LogP contribution in [0, 0.1) is 23.0 Å². The molecule has 6 heteroatoms. The number of nitrogens with zero attached hydrogens (tertiary/aromatic N) is 3. The first-order valence-corrected chi connectivity index (χ1v) is 4.92. The van der Waals surface area contributed by atoms with Crippen LogP contribution in [0.1, 0.15) is 24.6 Å². The lowest BCUT2D eigenvalue weighted by atomic mass is 9.81. The predicted molar refractivity (Wildman–Crippen MR) is 52.5 cm³/mol. The van der Waals surface area contributed by atoms with E-state index in [2.05, 4.69) is 5.10 Å². The molecule has 1 aliphatic rings. The summed E-state index contributed by atoms with van der Waals surface area (Å²) in [5.41, 5.74) is 0.523. The van der Waals surface area contributed by atoms with Crippen LogP contribution in [0.2, 0.25) is 0 Å². The summed E-state index contributed by atoms with van der Waals surface area (Å²) in [6.07, 6.45) is 3.19. The second kappa shape index (κ2) is 3.62. The van der Waals surface area contributed by atoms with E-state index in [1.807, 2.05) is 0 Å². The van der Waals surface area contributed by atoms with Crippen molar-refractivity contribution in [2.75, 3.05) is 6.61 Å². The molecule has 2 rings (SSSR count). The van der Waals surface area contributed by atoms with Crippen molar-refractivity contribution in [1.82, 2.24) is 9.78 Å². The van der Waals surface area contributed by atoms with Gasteiger partial charge in [-0.15, -0.1) is 0 Å². The molecule has 1 heterocycles. The molecule has 1 aromatic heterocycles. The van der Waals surface area contributed by atoms with Gasteiger partial charge in [-0.05, 0) is 25.7 Å². The Balaban J connectivity index is 2.11. The zero-order valence-electron chi connectivity index (χ0n) is 8.46. The highest BCUT2D eigenvalue weighted by Crippen LogP contribution is 2.37. The lowest BCUT2D eigenvalue weighted by molar-refractivity contribution is -0.385. The largest absolute Gasteiger partial charge is 0.396 e. The van der Waals surface area contributed by atoms with E-state index in [1.54, 1.807) is 11.6 Å². The molecule has 1 saturated carbocycles. The third-order valence-electron chi connectivity index (χ3n) is 2.93. The van der Waals surface area contributed by atoms with E-state index in [0.717, 1.165) is 12.8 Å². The second-order valence-corrected chi connectivity index (χ2v) is 4.01. The zero-order valence-corrected chi connectivity index (χ0v) is 8.46. The SMILES string of the molecule is Cc1nn(C2CC(CO)C2)cc1[N+](=O)[O-]. The summed E-state index contributed by atoms with van der Waals surface area (Å²) in [6, 6.07) is 0.217. The van der Waals surface area contributed by atoms with Crippen molar-refractivity contribution >= 4 is 5.69 Å². The highest BCUT2D eigenvalue weighted by Gasteiger charge is 2.32. The first kappa shape index (κ1) is 10.1. The van der Waals surface area contributed by atoms with Crippen LogP contribution in [-0.4, -0.2) is 26.4 Å². The Morgan fingerprint density at radius 3 is 2.87 bits per heavy atom. The van der Waals surface area contributed by atoms with Gasteiger partial charge in [-0.3, -0.25) is 14.8 Å². The zero-order chi connectivity index (χ0) is 11.0. The molecule has 0 bridgehead atoms. The van der Waals surface area contributed by atoms with Crippen LogP contribution in [0.25, 0.3) is 0 Å². The smallest absolute Gasteiger partial charge is 0.309 e. The quantitative estimate of drug-likeness (QED) is 0.598. The normalized spacial score (nSPS) is 24.9. The van der Waals surface area contributed by atoms with Gasteiger partial charge in [-0.1, -0.05) is 0 Å². The second-order valence-electron chi connectivity index (χ2n) is 4.01. The van der Waals surface area contributed by atoms with Gasteiger partial charge in [0, 0.05) is 6.61 Å². The van der Waals surface area contributed by atoms with Gasteiger partial charge in [0.25, 0.3) is 0 Å². The van der Waals surface area contributed by atoms with Gasteiger partial charge in [0.15, 0.2) is 0 Å². The standard InChI is InChI=1S/C9H13N3O3/c1-6-9(12(14)15)4-11(10-6)8-2-7(3-8)5-13/h4,7-8,13H,2-3,5H2,1H3. The molecule has 1 aliphatic carbocycles. The highest BCUT2D eigenvalue weighted by atomic mass is 16.6. The van der Waals surface area contributed by atoms with Crippen molar-refractivity contribution in [2.45, 2.75) is 25.8 Å². The van der Waals surface area contributed by atoms with E-state index >= 15 is 0 Å². The number of aliphatic hydroxyl groups is 1. The molecule has 0 aromatic carbocycles. The summed E-state index contributed by atoms with van der Waals surface area (Å²) in [5.74, 6) is 0.332. The third kappa shape index (κ3) is 1.72. The molecule has 1 N–H and O–H groups in total. The molecule has 0 unspecified atom stereocenters. The number of aliphatic hydroxyl groups excluding tert-OH is 1. The van der Waals surface area contributed by atoms with Crippen LogP contribution in [0.15, 0.2) is 6.20 Å². The van der Waals surface area contributed by atoms with Crippen LogP contribution in [0.4, 0.5) is 5.69 Å². The molecule has 0 aliphatic heterocycles. The maximum Gasteiger partial charge on any atom is 0.309 e. The van der Waals surface area contributed by atoms with Gasteiger partial charge < -0.3 is 5.11 Å². The molecule has 0 spiro atoms. The van der Waals surface area contributed by atoms with Crippen LogP contribution in [-0.2, 0) is 0 Å². The summed E-state index contributed by atoms with van der Waals surface area (Å²) >= 11 is 0. The topological polar surface area (TPSA) is 81.2 Å². The first-order valence-electron chi connectivity index (χ1n) is 4.92. The lowest BCUT2D eigenvalue weighted by Gasteiger charge is -2.33. The molecule has 15 heavy (non-hydrogen) atoms. The Morgan fingerprint density at radius 1 is 1.73 bits per heavy atom. The van der Waals surface area contributed by atoms with Crippen molar-refractivity contribution in [3.05, 3.63) is 22.0 Å². The summed E-state index contributed by atoms with van der Waals surface area (Å²) in [6.45, 7) is 1.83. The van der Waals surface area contributed by atoms with Gasteiger partial charge >= 0.3 is 5.69 Å². The van der Waals surface area contributed by atoms with Crippen LogP contribution in [0.3, 0.4) is 0 Å². The molecule has 0 atom stereocenters. The number of rotatable bonds is 3. The molecule has 1 aromatic rings. The summed E-state index contributed by atoms with van der Waals surface area (Å²) in [7, 11) is 0. The average molecular weight is 211 g/mol. The fraction of sp³-hybridized carbons (Fsp3) is 0.667. The molecule has 82 valence electrons. The van der Waals surface area contributed by atoms with Gasteiger partial charge in [0.05, 0.1) is 11.0 Å². The number of aryl methyl sites for hydroxylation is 1. The monoisotopic (exact) mass is 211 g/mol.